The molecule has 0 unspecified atom stereocenters. The highest BCUT2D eigenvalue weighted by molar-refractivity contribution is 7.90. The van der Waals surface area contributed by atoms with Crippen LogP contribution in [0.15, 0.2) is 70.0 Å². The van der Waals surface area contributed by atoms with Gasteiger partial charge in [-0.05, 0) is 24.3 Å². The van der Waals surface area contributed by atoms with E-state index in [1.807, 2.05) is 18.2 Å². The van der Waals surface area contributed by atoms with Crippen molar-refractivity contribution in [1.82, 2.24) is 10.9 Å². The van der Waals surface area contributed by atoms with Gasteiger partial charge < -0.3 is 0 Å². The summed E-state index contributed by atoms with van der Waals surface area (Å²) in [5.41, 5.74) is 8.31. The van der Waals surface area contributed by atoms with Crippen molar-refractivity contribution in [3.8, 4) is 0 Å². The van der Waals surface area contributed by atoms with Crippen molar-refractivity contribution < 1.29 is 8.42 Å². The first kappa shape index (κ1) is 14.8. The molecule has 0 saturated heterocycles. The Bertz CT molecular complexity index is 702. The minimum Gasteiger partial charge on any atom is -0.298 e. The molecule has 0 fully saturated rings. The van der Waals surface area contributed by atoms with Crippen LogP contribution >= 0.6 is 0 Å². The molecule has 0 aliphatic carbocycles. The van der Waals surface area contributed by atoms with Crippen molar-refractivity contribution in [2.24, 2.45) is 10.2 Å². The number of anilines is 1. The Kier molecular flexibility index (Phi) is 4.75. The lowest BCUT2D eigenvalue weighted by atomic mass is 10.3. The SMILES string of the molecule is NN/C(=N\S(=O)(=O)c1ccccc1)NNc1ccccc1. The van der Waals surface area contributed by atoms with E-state index in [1.165, 1.54) is 12.1 Å². The summed E-state index contributed by atoms with van der Waals surface area (Å²) in [6, 6.07) is 17.0. The standard InChI is InChI=1S/C13H15N5O2S/c14-15-13(17-16-11-7-3-1-4-8-11)18-21(19,20)12-9-5-2-6-10-12/h1-10,16H,14H2,(H2,15,17,18). The van der Waals surface area contributed by atoms with E-state index in [0.717, 1.165) is 5.69 Å². The van der Waals surface area contributed by atoms with Crippen molar-refractivity contribution >= 4 is 21.7 Å². The fourth-order valence-electron chi connectivity index (χ4n) is 1.50. The highest BCUT2D eigenvalue weighted by atomic mass is 32.2. The third kappa shape index (κ3) is 4.20. The molecule has 0 spiro atoms. The molecule has 2 aromatic rings. The highest BCUT2D eigenvalue weighted by Gasteiger charge is 2.13. The van der Waals surface area contributed by atoms with Gasteiger partial charge in [0, 0.05) is 0 Å². The lowest BCUT2D eigenvalue weighted by Gasteiger charge is -2.11. The van der Waals surface area contributed by atoms with Crippen LogP contribution in [-0.4, -0.2) is 14.4 Å². The van der Waals surface area contributed by atoms with Crippen LogP contribution in [-0.2, 0) is 10.0 Å². The van der Waals surface area contributed by atoms with E-state index >= 15 is 0 Å². The molecule has 2 rings (SSSR count). The van der Waals surface area contributed by atoms with Crippen LogP contribution in [0.1, 0.15) is 0 Å². The van der Waals surface area contributed by atoms with Gasteiger partial charge in [-0.3, -0.25) is 16.3 Å². The number of sulfonamides is 1. The molecule has 21 heavy (non-hydrogen) atoms. The maximum Gasteiger partial charge on any atom is 0.285 e. The zero-order chi connectivity index (χ0) is 15.1. The molecule has 8 heteroatoms. The fourth-order valence-corrected chi connectivity index (χ4v) is 2.45. The number of hydrogen-bond acceptors (Lipinski definition) is 4. The van der Waals surface area contributed by atoms with Crippen LogP contribution in [0.4, 0.5) is 5.69 Å². The van der Waals surface area contributed by atoms with Gasteiger partial charge in [-0.1, -0.05) is 36.4 Å². The van der Waals surface area contributed by atoms with E-state index in [1.54, 1.807) is 30.3 Å². The van der Waals surface area contributed by atoms with Crippen molar-refractivity contribution in [3.63, 3.8) is 0 Å². The average molecular weight is 305 g/mol. The zero-order valence-corrected chi connectivity index (χ0v) is 11.8. The number of rotatable bonds is 4. The highest BCUT2D eigenvalue weighted by Crippen LogP contribution is 2.10. The van der Waals surface area contributed by atoms with Gasteiger partial charge in [0.15, 0.2) is 0 Å². The maximum atomic E-state index is 12.1. The Morgan fingerprint density at radius 1 is 0.952 bits per heavy atom. The molecule has 110 valence electrons. The maximum absolute atomic E-state index is 12.1. The normalized spacial score (nSPS) is 11.8. The molecule has 0 bridgehead atoms. The number of nitrogens with zero attached hydrogens (tertiary/aromatic N) is 1. The van der Waals surface area contributed by atoms with Crippen LogP contribution in [0.25, 0.3) is 0 Å². The first-order valence-electron chi connectivity index (χ1n) is 6.05. The molecule has 0 radical (unpaired) electrons. The summed E-state index contributed by atoms with van der Waals surface area (Å²) in [5, 5.41) is 0. The number of hydrazine groups is 2. The van der Waals surface area contributed by atoms with Gasteiger partial charge in [-0.25, -0.2) is 5.84 Å². The predicted molar refractivity (Wildman–Crippen MR) is 81.6 cm³/mol. The Morgan fingerprint density at radius 3 is 2.10 bits per heavy atom. The van der Waals surface area contributed by atoms with E-state index in [4.69, 9.17) is 5.84 Å². The van der Waals surface area contributed by atoms with Gasteiger partial charge in [0.25, 0.3) is 10.0 Å². The quantitative estimate of drug-likeness (QED) is 0.288. The van der Waals surface area contributed by atoms with Crippen molar-refractivity contribution in [2.75, 3.05) is 5.43 Å². The topological polar surface area (TPSA) is 109 Å². The van der Waals surface area contributed by atoms with E-state index in [-0.39, 0.29) is 10.9 Å². The number of nitrogens with two attached hydrogens (primary N) is 1. The van der Waals surface area contributed by atoms with Crippen molar-refractivity contribution in [3.05, 3.63) is 60.7 Å². The second kappa shape index (κ2) is 6.73. The molecule has 0 aliphatic heterocycles. The lowest BCUT2D eigenvalue weighted by Crippen LogP contribution is -2.44. The summed E-state index contributed by atoms with van der Waals surface area (Å²) in [5.74, 6) is 5.15. The molecule has 0 heterocycles. The molecule has 2 aromatic carbocycles. The predicted octanol–water partition coefficient (Wildman–Crippen LogP) is 0.811. The number of para-hydroxylation sites is 1. The first-order valence-corrected chi connectivity index (χ1v) is 7.49. The number of guanidine groups is 1. The Balaban J connectivity index is 2.13. The average Bonchev–Trinajstić information content (AvgIpc) is 2.53. The third-order valence-corrected chi connectivity index (χ3v) is 3.78. The molecular formula is C13H15N5O2S. The molecule has 0 aromatic heterocycles. The minimum absolute atomic E-state index is 0.0826. The number of nitrogens with one attached hydrogen (secondary N) is 3. The van der Waals surface area contributed by atoms with Gasteiger partial charge in [0.05, 0.1) is 10.6 Å². The Hall–Kier alpha value is -2.58. The largest absolute Gasteiger partial charge is 0.298 e. The summed E-state index contributed by atoms with van der Waals surface area (Å²) in [7, 11) is -3.83. The van der Waals surface area contributed by atoms with Gasteiger partial charge in [-0.15, -0.1) is 4.40 Å². The van der Waals surface area contributed by atoms with Crippen LogP contribution < -0.4 is 22.1 Å². The zero-order valence-electron chi connectivity index (χ0n) is 11.0. The van der Waals surface area contributed by atoms with E-state index in [0.29, 0.717) is 0 Å². The Labute approximate surface area is 122 Å². The lowest BCUT2D eigenvalue weighted by molar-refractivity contribution is 0.597. The second-order valence-corrected chi connectivity index (χ2v) is 5.59. The van der Waals surface area contributed by atoms with Crippen LogP contribution in [0.3, 0.4) is 0 Å². The van der Waals surface area contributed by atoms with E-state index in [2.05, 4.69) is 20.7 Å². The molecule has 0 atom stereocenters. The van der Waals surface area contributed by atoms with Crippen LogP contribution in [0.5, 0.6) is 0 Å². The van der Waals surface area contributed by atoms with Gasteiger partial charge in [0.1, 0.15) is 0 Å². The number of benzene rings is 2. The van der Waals surface area contributed by atoms with Gasteiger partial charge >= 0.3 is 0 Å². The monoisotopic (exact) mass is 305 g/mol. The minimum atomic E-state index is -3.83. The first-order chi connectivity index (χ1) is 10.1. The summed E-state index contributed by atoms with van der Waals surface area (Å²) in [6.45, 7) is 0. The van der Waals surface area contributed by atoms with Crippen molar-refractivity contribution in [1.29, 1.82) is 0 Å². The smallest absolute Gasteiger partial charge is 0.285 e. The van der Waals surface area contributed by atoms with E-state index < -0.39 is 10.0 Å². The van der Waals surface area contributed by atoms with Gasteiger partial charge in [-0.2, -0.15) is 8.42 Å². The molecule has 0 amide bonds. The summed E-state index contributed by atoms with van der Waals surface area (Å²) in [4.78, 5) is 0.0826. The summed E-state index contributed by atoms with van der Waals surface area (Å²) < 4.78 is 27.7. The summed E-state index contributed by atoms with van der Waals surface area (Å²) in [6.07, 6.45) is 0. The number of hydrogen-bond donors (Lipinski definition) is 4. The Morgan fingerprint density at radius 2 is 1.52 bits per heavy atom. The fraction of sp³-hybridized carbons (Fsp3) is 0. The van der Waals surface area contributed by atoms with Crippen LogP contribution in [0, 0.1) is 0 Å². The summed E-state index contributed by atoms with van der Waals surface area (Å²) >= 11 is 0. The molecule has 7 nitrogen and oxygen atoms in total. The molecule has 0 saturated carbocycles. The molecular weight excluding hydrogens is 290 g/mol. The van der Waals surface area contributed by atoms with Gasteiger partial charge in [0.2, 0.25) is 5.96 Å². The van der Waals surface area contributed by atoms with Crippen LogP contribution in [0.2, 0.25) is 0 Å². The molecule has 0 aliphatic rings. The third-order valence-electron chi connectivity index (χ3n) is 2.49. The van der Waals surface area contributed by atoms with E-state index in [9.17, 15) is 8.42 Å². The van der Waals surface area contributed by atoms with Crippen molar-refractivity contribution in [2.45, 2.75) is 4.90 Å². The molecule has 5 N–H and O–H groups in total. The second-order valence-electron chi connectivity index (χ2n) is 3.99.